The number of aryl methyl sites for hydroxylation is 1. The molecule has 1 aromatic heterocycles. The first-order valence-electron chi connectivity index (χ1n) is 8.51. The molecule has 0 radical (unpaired) electrons. The Labute approximate surface area is 157 Å². The summed E-state index contributed by atoms with van der Waals surface area (Å²) in [4.78, 5) is 19.6. The van der Waals surface area contributed by atoms with Crippen LogP contribution in [-0.2, 0) is 6.54 Å². The third-order valence-electron chi connectivity index (χ3n) is 4.59. The molecule has 0 amide bonds. The van der Waals surface area contributed by atoms with Crippen LogP contribution in [0.15, 0.2) is 30.5 Å². The highest BCUT2D eigenvalue weighted by Crippen LogP contribution is 2.31. The number of halogens is 1. The lowest BCUT2D eigenvalue weighted by atomic mass is 10.1. The number of rotatable bonds is 5. The average Bonchev–Trinajstić information content (AvgIpc) is 2.62. The molecule has 7 nitrogen and oxygen atoms in total. The number of nitro benzene ring substituents is 1. The molecule has 0 atom stereocenters. The molecule has 0 spiro atoms. The van der Waals surface area contributed by atoms with Gasteiger partial charge in [-0.3, -0.25) is 10.1 Å². The molecule has 1 N–H and O–H groups in total. The third kappa shape index (κ3) is 4.23. The summed E-state index contributed by atoms with van der Waals surface area (Å²) in [6.45, 7) is 6.41. The fraction of sp³-hybridized carbons (Fsp3) is 0.389. The number of pyridine rings is 1. The summed E-state index contributed by atoms with van der Waals surface area (Å²) in [5.41, 5.74) is 2.47. The van der Waals surface area contributed by atoms with Crippen molar-refractivity contribution in [2.24, 2.45) is 0 Å². The molecule has 2 heterocycles. The first-order valence-corrected chi connectivity index (χ1v) is 8.88. The number of hydrogen-bond donors (Lipinski definition) is 1. The van der Waals surface area contributed by atoms with Gasteiger partial charge >= 0.3 is 0 Å². The number of aromatic nitrogens is 1. The summed E-state index contributed by atoms with van der Waals surface area (Å²) in [6, 6.07) is 6.96. The smallest absolute Gasteiger partial charge is 0.271 e. The Hall–Kier alpha value is -2.38. The monoisotopic (exact) mass is 375 g/mol. The molecule has 8 heteroatoms. The Morgan fingerprint density at radius 3 is 2.58 bits per heavy atom. The van der Waals surface area contributed by atoms with Gasteiger partial charge in [0.2, 0.25) is 0 Å². The van der Waals surface area contributed by atoms with Crippen LogP contribution in [0.4, 0.5) is 17.2 Å². The lowest BCUT2D eigenvalue weighted by Crippen LogP contribution is -2.44. The Bertz CT molecular complexity index is 766. The van der Waals surface area contributed by atoms with Crippen LogP contribution in [-0.4, -0.2) is 48.0 Å². The van der Waals surface area contributed by atoms with Gasteiger partial charge in [-0.05, 0) is 31.2 Å². The topological polar surface area (TPSA) is 74.5 Å². The van der Waals surface area contributed by atoms with Gasteiger partial charge in [0.1, 0.15) is 5.82 Å². The molecule has 0 unspecified atom stereocenters. The maximum atomic E-state index is 10.9. The molecule has 0 bridgehead atoms. The van der Waals surface area contributed by atoms with Crippen molar-refractivity contribution in [1.29, 1.82) is 0 Å². The van der Waals surface area contributed by atoms with Crippen LogP contribution in [0.5, 0.6) is 0 Å². The summed E-state index contributed by atoms with van der Waals surface area (Å²) in [7, 11) is 2.13. The quantitative estimate of drug-likeness (QED) is 0.638. The molecule has 2 aromatic rings. The minimum Gasteiger partial charge on any atom is -0.379 e. The first kappa shape index (κ1) is 18.4. The normalized spacial score (nSPS) is 15.1. The van der Waals surface area contributed by atoms with E-state index in [1.165, 1.54) is 12.1 Å². The van der Waals surface area contributed by atoms with Gasteiger partial charge in [0.25, 0.3) is 5.69 Å². The highest BCUT2D eigenvalue weighted by molar-refractivity contribution is 6.33. The second kappa shape index (κ2) is 7.88. The Morgan fingerprint density at radius 1 is 1.27 bits per heavy atom. The van der Waals surface area contributed by atoms with E-state index in [9.17, 15) is 10.1 Å². The predicted octanol–water partition coefficient (Wildman–Crippen LogP) is 3.32. The first-order chi connectivity index (χ1) is 12.4. The van der Waals surface area contributed by atoms with Crippen molar-refractivity contribution < 1.29 is 4.92 Å². The van der Waals surface area contributed by atoms with E-state index in [1.807, 2.05) is 18.3 Å². The fourth-order valence-corrected chi connectivity index (χ4v) is 3.32. The van der Waals surface area contributed by atoms with Crippen molar-refractivity contribution in [2.75, 3.05) is 43.4 Å². The van der Waals surface area contributed by atoms with Crippen LogP contribution < -0.4 is 10.2 Å². The number of likely N-dealkylation sites (N-methyl/N-ethyl adjacent to an activating group) is 1. The van der Waals surface area contributed by atoms with Gasteiger partial charge in [-0.15, -0.1) is 0 Å². The number of nitro groups is 1. The van der Waals surface area contributed by atoms with Crippen LogP contribution in [0, 0.1) is 17.0 Å². The summed E-state index contributed by atoms with van der Waals surface area (Å²) in [6.07, 6.45) is 1.86. The minimum absolute atomic E-state index is 0.00348. The number of benzene rings is 1. The molecular formula is C18H22ClN5O2. The van der Waals surface area contributed by atoms with Crippen molar-refractivity contribution in [3.63, 3.8) is 0 Å². The Balaban J connectivity index is 1.64. The summed E-state index contributed by atoms with van der Waals surface area (Å²) in [5, 5.41) is 14.5. The number of piperazine rings is 1. The van der Waals surface area contributed by atoms with Gasteiger partial charge in [-0.1, -0.05) is 17.7 Å². The molecule has 0 saturated carbocycles. The van der Waals surface area contributed by atoms with Crippen LogP contribution in [0.25, 0.3) is 0 Å². The van der Waals surface area contributed by atoms with E-state index >= 15 is 0 Å². The lowest BCUT2D eigenvalue weighted by molar-refractivity contribution is -0.384. The Kier molecular flexibility index (Phi) is 5.58. The molecule has 1 aliphatic heterocycles. The minimum atomic E-state index is -0.441. The maximum Gasteiger partial charge on any atom is 0.271 e. The molecular weight excluding hydrogens is 354 g/mol. The second-order valence-electron chi connectivity index (χ2n) is 6.55. The lowest BCUT2D eigenvalue weighted by Gasteiger charge is -2.33. The molecule has 1 aliphatic rings. The molecule has 3 rings (SSSR count). The van der Waals surface area contributed by atoms with E-state index in [2.05, 4.69) is 27.1 Å². The van der Waals surface area contributed by atoms with Crippen molar-refractivity contribution in [3.8, 4) is 0 Å². The maximum absolute atomic E-state index is 10.9. The molecule has 0 aliphatic carbocycles. The molecule has 138 valence electrons. The van der Waals surface area contributed by atoms with Crippen molar-refractivity contribution in [1.82, 2.24) is 9.88 Å². The fourth-order valence-electron chi connectivity index (χ4n) is 2.99. The van der Waals surface area contributed by atoms with Gasteiger partial charge in [0.05, 0.1) is 15.6 Å². The molecule has 26 heavy (non-hydrogen) atoms. The van der Waals surface area contributed by atoms with E-state index in [0.717, 1.165) is 43.1 Å². The zero-order valence-electron chi connectivity index (χ0n) is 14.9. The van der Waals surface area contributed by atoms with E-state index in [0.29, 0.717) is 17.3 Å². The Morgan fingerprint density at radius 2 is 2.00 bits per heavy atom. The molecule has 1 aromatic carbocycles. The van der Waals surface area contributed by atoms with E-state index in [1.54, 1.807) is 6.92 Å². The van der Waals surface area contributed by atoms with Crippen LogP contribution >= 0.6 is 11.6 Å². The van der Waals surface area contributed by atoms with Gasteiger partial charge < -0.3 is 15.1 Å². The van der Waals surface area contributed by atoms with Crippen molar-refractivity contribution in [3.05, 3.63) is 56.7 Å². The SMILES string of the molecule is Cc1cc([N+](=O)[O-])cc(Cl)c1NCc1ccc(N2CCN(C)CC2)nc1. The summed E-state index contributed by atoms with van der Waals surface area (Å²) < 4.78 is 0. The van der Waals surface area contributed by atoms with Gasteiger partial charge in [0.15, 0.2) is 0 Å². The molecule has 1 saturated heterocycles. The van der Waals surface area contributed by atoms with E-state index in [4.69, 9.17) is 11.6 Å². The highest BCUT2D eigenvalue weighted by atomic mass is 35.5. The average molecular weight is 376 g/mol. The van der Waals surface area contributed by atoms with Crippen LogP contribution in [0.2, 0.25) is 5.02 Å². The number of nitrogens with zero attached hydrogens (tertiary/aromatic N) is 4. The van der Waals surface area contributed by atoms with Crippen LogP contribution in [0.1, 0.15) is 11.1 Å². The second-order valence-corrected chi connectivity index (χ2v) is 6.95. The number of anilines is 2. The third-order valence-corrected chi connectivity index (χ3v) is 4.89. The van der Waals surface area contributed by atoms with Crippen molar-refractivity contribution in [2.45, 2.75) is 13.5 Å². The standard InChI is InChI=1S/C18H22ClN5O2/c1-13-9-15(24(25)26)10-16(19)18(13)21-12-14-3-4-17(20-11-14)23-7-5-22(2)6-8-23/h3-4,9-11,21H,5-8,12H2,1-2H3. The zero-order chi connectivity index (χ0) is 18.7. The highest BCUT2D eigenvalue weighted by Gasteiger charge is 2.15. The van der Waals surface area contributed by atoms with Gasteiger partial charge in [0, 0.05) is 51.1 Å². The number of hydrogen-bond acceptors (Lipinski definition) is 6. The van der Waals surface area contributed by atoms with Crippen LogP contribution in [0.3, 0.4) is 0 Å². The number of nitrogens with one attached hydrogen (secondary N) is 1. The van der Waals surface area contributed by atoms with E-state index in [-0.39, 0.29) is 5.69 Å². The van der Waals surface area contributed by atoms with Gasteiger partial charge in [-0.2, -0.15) is 0 Å². The summed E-state index contributed by atoms with van der Waals surface area (Å²) in [5.74, 6) is 0.992. The van der Waals surface area contributed by atoms with Crippen molar-refractivity contribution >= 4 is 28.8 Å². The van der Waals surface area contributed by atoms with Gasteiger partial charge in [-0.25, -0.2) is 4.98 Å². The van der Waals surface area contributed by atoms with E-state index < -0.39 is 4.92 Å². The number of non-ortho nitro benzene ring substituents is 1. The largest absolute Gasteiger partial charge is 0.379 e. The summed E-state index contributed by atoms with van der Waals surface area (Å²) >= 11 is 6.19. The predicted molar refractivity (Wildman–Crippen MR) is 104 cm³/mol. The molecule has 1 fully saturated rings. The zero-order valence-corrected chi connectivity index (χ0v) is 15.7.